The van der Waals surface area contributed by atoms with Crippen LogP contribution in [-0.2, 0) is 20.8 Å². The summed E-state index contributed by atoms with van der Waals surface area (Å²) in [6, 6.07) is 8.42. The highest BCUT2D eigenvalue weighted by atomic mass is 32.2. The SMILES string of the molecule is O=C(Cc1ccccc1)N[C@@H]1C(=O)N2C(C(=O)O)=C(CO)CSC12. The number of nitrogens with one attached hydrogen (secondary N) is 1. The first-order valence-electron chi connectivity index (χ1n) is 7.37. The fourth-order valence-electron chi connectivity index (χ4n) is 2.81. The van der Waals surface area contributed by atoms with Crippen molar-refractivity contribution in [2.75, 3.05) is 12.4 Å². The first kappa shape index (κ1) is 16.5. The first-order chi connectivity index (χ1) is 11.5. The summed E-state index contributed by atoms with van der Waals surface area (Å²) in [4.78, 5) is 36.9. The molecule has 0 aromatic heterocycles. The van der Waals surface area contributed by atoms with Crippen LogP contribution in [0.5, 0.6) is 0 Å². The van der Waals surface area contributed by atoms with Gasteiger partial charge in [-0.2, -0.15) is 0 Å². The van der Waals surface area contributed by atoms with E-state index >= 15 is 0 Å². The number of hydrogen-bond acceptors (Lipinski definition) is 5. The number of aliphatic hydroxyl groups excluding tert-OH is 1. The standard InChI is InChI=1S/C16H16N2O5S/c19-7-10-8-24-15-12(14(21)18(15)13(10)16(22)23)17-11(20)6-9-4-2-1-3-5-9/h1-5,12,15,19H,6-8H2,(H,17,20)(H,22,23)/t12-,15?/m1/s1. The molecule has 8 heteroatoms. The average Bonchev–Trinajstić information content (AvgIpc) is 2.58. The molecule has 2 atom stereocenters. The van der Waals surface area contributed by atoms with E-state index in [0.717, 1.165) is 10.5 Å². The Balaban J connectivity index is 1.69. The van der Waals surface area contributed by atoms with Crippen LogP contribution in [0.1, 0.15) is 5.56 Å². The van der Waals surface area contributed by atoms with E-state index in [0.29, 0.717) is 11.3 Å². The van der Waals surface area contributed by atoms with Gasteiger partial charge >= 0.3 is 5.97 Å². The van der Waals surface area contributed by atoms with Crippen LogP contribution in [0.4, 0.5) is 0 Å². The van der Waals surface area contributed by atoms with E-state index in [9.17, 15) is 24.6 Å². The lowest BCUT2D eigenvalue weighted by atomic mass is 10.0. The molecule has 1 aromatic rings. The third-order valence-electron chi connectivity index (χ3n) is 3.96. The minimum Gasteiger partial charge on any atom is -0.477 e. The highest BCUT2D eigenvalue weighted by Crippen LogP contribution is 2.40. The molecule has 0 aliphatic carbocycles. The van der Waals surface area contributed by atoms with E-state index in [2.05, 4.69) is 5.32 Å². The number of aliphatic hydroxyl groups is 1. The summed E-state index contributed by atoms with van der Waals surface area (Å²) in [6.45, 7) is -0.407. The van der Waals surface area contributed by atoms with Gasteiger partial charge in [0.2, 0.25) is 5.91 Å². The minimum absolute atomic E-state index is 0.158. The third kappa shape index (κ3) is 2.90. The van der Waals surface area contributed by atoms with Gasteiger partial charge in [0.05, 0.1) is 13.0 Å². The Morgan fingerprint density at radius 1 is 1.29 bits per heavy atom. The van der Waals surface area contributed by atoms with Gasteiger partial charge in [0.25, 0.3) is 5.91 Å². The second-order valence-electron chi connectivity index (χ2n) is 5.53. The van der Waals surface area contributed by atoms with Crippen molar-refractivity contribution in [2.24, 2.45) is 0 Å². The molecule has 0 radical (unpaired) electrons. The molecule has 3 N–H and O–H groups in total. The number of benzene rings is 1. The molecule has 1 aromatic carbocycles. The van der Waals surface area contributed by atoms with Crippen LogP contribution in [0.25, 0.3) is 0 Å². The van der Waals surface area contributed by atoms with Gasteiger partial charge in [0, 0.05) is 5.75 Å². The van der Waals surface area contributed by atoms with Crippen molar-refractivity contribution >= 4 is 29.5 Å². The Morgan fingerprint density at radius 3 is 2.62 bits per heavy atom. The van der Waals surface area contributed by atoms with Crippen LogP contribution < -0.4 is 5.32 Å². The van der Waals surface area contributed by atoms with Gasteiger partial charge in [-0.1, -0.05) is 30.3 Å². The number of carbonyl (C=O) groups excluding carboxylic acids is 2. The first-order valence-corrected chi connectivity index (χ1v) is 8.42. The Bertz CT molecular complexity index is 718. The van der Waals surface area contributed by atoms with Crippen LogP contribution in [0, 0.1) is 0 Å². The van der Waals surface area contributed by atoms with E-state index in [1.54, 1.807) is 0 Å². The molecule has 1 fully saturated rings. The van der Waals surface area contributed by atoms with Gasteiger partial charge in [-0.25, -0.2) is 4.79 Å². The highest BCUT2D eigenvalue weighted by Gasteiger charge is 2.54. The topological polar surface area (TPSA) is 107 Å². The van der Waals surface area contributed by atoms with E-state index in [-0.39, 0.29) is 18.0 Å². The maximum Gasteiger partial charge on any atom is 0.352 e. The van der Waals surface area contributed by atoms with Gasteiger partial charge < -0.3 is 15.5 Å². The normalized spacial score (nSPS) is 22.7. The molecule has 3 rings (SSSR count). The molecule has 0 saturated carbocycles. The van der Waals surface area contributed by atoms with Gasteiger partial charge in [-0.3, -0.25) is 14.5 Å². The molecular formula is C16H16N2O5S. The number of aliphatic carboxylic acids is 1. The quantitative estimate of drug-likeness (QED) is 0.645. The molecule has 0 bridgehead atoms. The largest absolute Gasteiger partial charge is 0.477 e. The Hall–Kier alpha value is -2.32. The monoisotopic (exact) mass is 348 g/mol. The van der Waals surface area contributed by atoms with Crippen LogP contribution in [0.3, 0.4) is 0 Å². The zero-order chi connectivity index (χ0) is 17.3. The molecule has 2 heterocycles. The summed E-state index contributed by atoms with van der Waals surface area (Å²) in [7, 11) is 0. The summed E-state index contributed by atoms with van der Waals surface area (Å²) < 4.78 is 0. The number of carbonyl (C=O) groups is 3. The van der Waals surface area contributed by atoms with Gasteiger partial charge in [0.15, 0.2) is 0 Å². The number of thioether (sulfide) groups is 1. The number of carboxylic acid groups (broad SMARTS) is 1. The average molecular weight is 348 g/mol. The predicted octanol–water partition coefficient (Wildman–Crippen LogP) is -0.0400. The number of β-lactam (4-membered cyclic amide) rings is 1. The molecule has 126 valence electrons. The van der Waals surface area contributed by atoms with Crippen molar-refractivity contribution in [1.82, 2.24) is 10.2 Å². The molecular weight excluding hydrogens is 332 g/mol. The lowest BCUT2D eigenvalue weighted by Gasteiger charge is -2.49. The van der Waals surface area contributed by atoms with E-state index < -0.39 is 29.9 Å². The summed E-state index contributed by atoms with van der Waals surface area (Å²) in [6.07, 6.45) is 0.158. The van der Waals surface area contributed by atoms with E-state index in [1.807, 2.05) is 30.3 Å². The third-order valence-corrected chi connectivity index (χ3v) is 5.30. The Kier molecular flexibility index (Phi) is 4.59. The smallest absolute Gasteiger partial charge is 0.352 e. The van der Waals surface area contributed by atoms with Gasteiger partial charge in [-0.15, -0.1) is 11.8 Å². The number of hydrogen-bond donors (Lipinski definition) is 3. The highest BCUT2D eigenvalue weighted by molar-refractivity contribution is 8.00. The van der Waals surface area contributed by atoms with Gasteiger partial charge in [-0.05, 0) is 11.1 Å². The van der Waals surface area contributed by atoms with Crippen molar-refractivity contribution in [1.29, 1.82) is 0 Å². The van der Waals surface area contributed by atoms with Crippen LogP contribution in [-0.4, -0.2) is 56.7 Å². The van der Waals surface area contributed by atoms with Crippen molar-refractivity contribution < 1.29 is 24.6 Å². The zero-order valence-corrected chi connectivity index (χ0v) is 13.5. The molecule has 1 unspecified atom stereocenters. The minimum atomic E-state index is -1.24. The Morgan fingerprint density at radius 2 is 2.00 bits per heavy atom. The fraction of sp³-hybridized carbons (Fsp3) is 0.312. The maximum absolute atomic E-state index is 12.3. The molecule has 2 aliphatic heterocycles. The van der Waals surface area contributed by atoms with Crippen molar-refractivity contribution in [3.63, 3.8) is 0 Å². The predicted molar refractivity (Wildman–Crippen MR) is 86.9 cm³/mol. The molecule has 7 nitrogen and oxygen atoms in total. The van der Waals surface area contributed by atoms with E-state index in [1.165, 1.54) is 11.8 Å². The van der Waals surface area contributed by atoms with Crippen molar-refractivity contribution in [2.45, 2.75) is 17.8 Å². The van der Waals surface area contributed by atoms with E-state index in [4.69, 9.17) is 0 Å². The van der Waals surface area contributed by atoms with Crippen LogP contribution in [0.15, 0.2) is 41.6 Å². The fourth-order valence-corrected chi connectivity index (χ4v) is 4.15. The number of rotatable bonds is 5. The molecule has 2 amide bonds. The van der Waals surface area contributed by atoms with Gasteiger partial charge in [0.1, 0.15) is 17.1 Å². The number of amides is 2. The molecule has 24 heavy (non-hydrogen) atoms. The lowest BCUT2D eigenvalue weighted by molar-refractivity contribution is -0.150. The van der Waals surface area contributed by atoms with Crippen molar-refractivity contribution in [3.05, 3.63) is 47.2 Å². The molecule has 0 spiro atoms. The molecule has 1 saturated heterocycles. The van der Waals surface area contributed by atoms with Crippen LogP contribution in [0.2, 0.25) is 0 Å². The maximum atomic E-state index is 12.3. The zero-order valence-electron chi connectivity index (χ0n) is 12.6. The second kappa shape index (κ2) is 6.66. The summed E-state index contributed by atoms with van der Waals surface area (Å²) >= 11 is 1.34. The summed E-state index contributed by atoms with van der Waals surface area (Å²) in [5.41, 5.74) is 0.981. The Labute approximate surface area is 142 Å². The van der Waals surface area contributed by atoms with Crippen LogP contribution >= 0.6 is 11.8 Å². The second-order valence-corrected chi connectivity index (χ2v) is 6.64. The lowest BCUT2D eigenvalue weighted by Crippen LogP contribution is -2.70. The summed E-state index contributed by atoms with van der Waals surface area (Å²) in [5.74, 6) is -1.67. The van der Waals surface area contributed by atoms with Crippen molar-refractivity contribution in [3.8, 4) is 0 Å². The number of nitrogens with zero attached hydrogens (tertiary/aromatic N) is 1. The number of fused-ring (bicyclic) bond motifs is 1. The number of carboxylic acids is 1. The molecule has 2 aliphatic rings. The summed E-state index contributed by atoms with van der Waals surface area (Å²) in [5, 5.41) is 20.8.